The van der Waals surface area contributed by atoms with Gasteiger partial charge in [-0.2, -0.15) is 13.2 Å². The standard InChI is InChI=1S/C8H10F3N3O2/c1-16-7(15)5-6(12)14(4-13-5)3-2-8(9,10)11/h4H,2-3,12H2,1H3. The number of halogens is 3. The van der Waals surface area contributed by atoms with Crippen molar-refractivity contribution in [3.8, 4) is 0 Å². The number of carbonyl (C=O) groups excluding carboxylic acids is 1. The van der Waals surface area contributed by atoms with Crippen LogP contribution in [0, 0.1) is 0 Å². The van der Waals surface area contributed by atoms with Gasteiger partial charge in [-0.1, -0.05) is 0 Å². The van der Waals surface area contributed by atoms with Crippen molar-refractivity contribution in [2.45, 2.75) is 19.1 Å². The molecule has 1 aromatic rings. The number of alkyl halides is 3. The number of nitrogens with zero attached hydrogens (tertiary/aromatic N) is 2. The van der Waals surface area contributed by atoms with Crippen molar-refractivity contribution >= 4 is 11.8 Å². The third-order valence-corrected chi connectivity index (χ3v) is 1.89. The van der Waals surface area contributed by atoms with E-state index in [1.807, 2.05) is 0 Å². The number of aryl methyl sites for hydroxylation is 1. The van der Waals surface area contributed by atoms with Crippen LogP contribution < -0.4 is 5.73 Å². The van der Waals surface area contributed by atoms with E-state index in [2.05, 4.69) is 9.72 Å². The summed E-state index contributed by atoms with van der Waals surface area (Å²) in [6, 6.07) is 0. The maximum Gasteiger partial charge on any atom is 0.390 e. The van der Waals surface area contributed by atoms with E-state index >= 15 is 0 Å². The molecule has 0 aliphatic heterocycles. The van der Waals surface area contributed by atoms with E-state index in [4.69, 9.17) is 5.73 Å². The second-order valence-corrected chi connectivity index (χ2v) is 3.03. The second kappa shape index (κ2) is 4.42. The summed E-state index contributed by atoms with van der Waals surface area (Å²) in [5.41, 5.74) is 5.27. The quantitative estimate of drug-likeness (QED) is 0.802. The van der Waals surface area contributed by atoms with Gasteiger partial charge in [0.2, 0.25) is 0 Å². The molecular formula is C8H10F3N3O2. The van der Waals surface area contributed by atoms with Gasteiger partial charge in [0, 0.05) is 6.54 Å². The van der Waals surface area contributed by atoms with Crippen LogP contribution in [0.3, 0.4) is 0 Å². The molecule has 5 nitrogen and oxygen atoms in total. The highest BCUT2D eigenvalue weighted by Crippen LogP contribution is 2.21. The highest BCUT2D eigenvalue weighted by Gasteiger charge is 2.27. The number of aromatic nitrogens is 2. The molecule has 0 spiro atoms. The minimum absolute atomic E-state index is 0.129. The Labute approximate surface area is 89.0 Å². The van der Waals surface area contributed by atoms with Crippen LogP contribution >= 0.6 is 0 Å². The van der Waals surface area contributed by atoms with Gasteiger partial charge in [-0.25, -0.2) is 9.78 Å². The molecule has 2 N–H and O–H groups in total. The van der Waals surface area contributed by atoms with Gasteiger partial charge in [0.25, 0.3) is 0 Å². The Hall–Kier alpha value is -1.73. The first kappa shape index (κ1) is 12.3. The Morgan fingerprint density at radius 1 is 1.62 bits per heavy atom. The number of hydrogen-bond acceptors (Lipinski definition) is 4. The molecule has 0 saturated carbocycles. The number of esters is 1. The molecule has 0 aliphatic rings. The van der Waals surface area contributed by atoms with E-state index in [0.717, 1.165) is 18.0 Å². The van der Waals surface area contributed by atoms with Crippen molar-refractivity contribution in [1.29, 1.82) is 0 Å². The number of ether oxygens (including phenoxy) is 1. The zero-order valence-electron chi connectivity index (χ0n) is 8.41. The van der Waals surface area contributed by atoms with Crippen molar-refractivity contribution in [3.63, 3.8) is 0 Å². The fraction of sp³-hybridized carbons (Fsp3) is 0.500. The molecule has 0 aromatic carbocycles. The highest BCUT2D eigenvalue weighted by atomic mass is 19.4. The van der Waals surface area contributed by atoms with Gasteiger partial charge < -0.3 is 15.0 Å². The Bertz CT molecular complexity index is 386. The smallest absolute Gasteiger partial charge is 0.390 e. The topological polar surface area (TPSA) is 70.1 Å². The summed E-state index contributed by atoms with van der Waals surface area (Å²) < 4.78 is 41.2. The first-order valence-corrected chi connectivity index (χ1v) is 4.31. The van der Waals surface area contributed by atoms with Crippen LogP contribution in [0.5, 0.6) is 0 Å². The van der Waals surface area contributed by atoms with Crippen LogP contribution in [0.25, 0.3) is 0 Å². The lowest BCUT2D eigenvalue weighted by atomic mass is 10.4. The molecule has 0 fully saturated rings. The maximum absolute atomic E-state index is 11.9. The number of anilines is 1. The van der Waals surface area contributed by atoms with Crippen LogP contribution in [0.4, 0.5) is 19.0 Å². The largest absolute Gasteiger partial charge is 0.464 e. The van der Waals surface area contributed by atoms with Gasteiger partial charge in [0.1, 0.15) is 5.82 Å². The first-order valence-electron chi connectivity index (χ1n) is 4.31. The van der Waals surface area contributed by atoms with E-state index in [-0.39, 0.29) is 18.1 Å². The lowest BCUT2D eigenvalue weighted by Crippen LogP contribution is -2.14. The molecule has 0 atom stereocenters. The van der Waals surface area contributed by atoms with E-state index in [1.54, 1.807) is 0 Å². The predicted molar refractivity (Wildman–Crippen MR) is 48.7 cm³/mol. The Morgan fingerprint density at radius 2 is 2.25 bits per heavy atom. The molecule has 0 unspecified atom stereocenters. The number of nitrogens with two attached hydrogens (primary N) is 1. The normalized spacial score (nSPS) is 11.5. The van der Waals surface area contributed by atoms with Gasteiger partial charge in [0.15, 0.2) is 5.69 Å². The van der Waals surface area contributed by atoms with Gasteiger partial charge in [0.05, 0.1) is 19.9 Å². The molecule has 0 aliphatic carbocycles. The summed E-state index contributed by atoms with van der Waals surface area (Å²) >= 11 is 0. The summed E-state index contributed by atoms with van der Waals surface area (Å²) in [7, 11) is 1.14. The first-order chi connectivity index (χ1) is 7.35. The van der Waals surface area contributed by atoms with E-state index in [9.17, 15) is 18.0 Å². The third kappa shape index (κ3) is 2.88. The van der Waals surface area contributed by atoms with Crippen molar-refractivity contribution in [3.05, 3.63) is 12.0 Å². The number of carbonyl (C=O) groups is 1. The Kier molecular flexibility index (Phi) is 3.41. The predicted octanol–water partition coefficient (Wildman–Crippen LogP) is 1.20. The molecule has 8 heteroatoms. The fourth-order valence-corrected chi connectivity index (χ4v) is 1.07. The number of methoxy groups -OCH3 is 1. The molecule has 0 bridgehead atoms. The fourth-order valence-electron chi connectivity index (χ4n) is 1.07. The molecule has 1 heterocycles. The van der Waals surface area contributed by atoms with Crippen molar-refractivity contribution in [1.82, 2.24) is 9.55 Å². The lowest BCUT2D eigenvalue weighted by molar-refractivity contribution is -0.136. The average molecular weight is 237 g/mol. The SMILES string of the molecule is COC(=O)c1ncn(CCC(F)(F)F)c1N. The van der Waals surface area contributed by atoms with Gasteiger partial charge in [-0.05, 0) is 0 Å². The molecule has 1 rings (SSSR count). The zero-order chi connectivity index (χ0) is 12.3. The summed E-state index contributed by atoms with van der Waals surface area (Å²) in [5.74, 6) is -0.903. The minimum atomic E-state index is -4.28. The minimum Gasteiger partial charge on any atom is -0.464 e. The van der Waals surface area contributed by atoms with Gasteiger partial charge in [-0.3, -0.25) is 0 Å². The van der Waals surface area contributed by atoms with Crippen molar-refractivity contribution in [2.75, 3.05) is 12.8 Å². The molecule has 1 aromatic heterocycles. The Balaban J connectivity index is 2.77. The van der Waals surface area contributed by atoms with Crippen LogP contribution in [0.1, 0.15) is 16.9 Å². The zero-order valence-corrected chi connectivity index (χ0v) is 8.41. The van der Waals surface area contributed by atoms with E-state index in [1.165, 1.54) is 0 Å². The van der Waals surface area contributed by atoms with Gasteiger partial charge >= 0.3 is 12.1 Å². The molecule has 0 saturated heterocycles. The summed E-state index contributed by atoms with van der Waals surface area (Å²) in [4.78, 5) is 14.6. The summed E-state index contributed by atoms with van der Waals surface area (Å²) in [6.07, 6.45) is -4.23. The summed E-state index contributed by atoms with van der Waals surface area (Å²) in [6.45, 7) is -0.376. The van der Waals surface area contributed by atoms with Crippen LogP contribution in [-0.4, -0.2) is 28.8 Å². The summed E-state index contributed by atoms with van der Waals surface area (Å²) in [5, 5.41) is 0. The van der Waals surface area contributed by atoms with Crippen LogP contribution in [-0.2, 0) is 11.3 Å². The molecular weight excluding hydrogens is 227 g/mol. The number of hydrogen-bond donors (Lipinski definition) is 1. The average Bonchev–Trinajstić information content (AvgIpc) is 2.55. The monoisotopic (exact) mass is 237 g/mol. The van der Waals surface area contributed by atoms with Crippen molar-refractivity contribution < 1.29 is 22.7 Å². The highest BCUT2D eigenvalue weighted by molar-refractivity contribution is 5.91. The molecule has 16 heavy (non-hydrogen) atoms. The van der Waals surface area contributed by atoms with E-state index in [0.29, 0.717) is 0 Å². The molecule has 90 valence electrons. The number of imidazole rings is 1. The molecule has 0 radical (unpaired) electrons. The maximum atomic E-state index is 11.9. The van der Waals surface area contributed by atoms with Crippen molar-refractivity contribution in [2.24, 2.45) is 0 Å². The second-order valence-electron chi connectivity index (χ2n) is 3.03. The number of rotatable bonds is 3. The van der Waals surface area contributed by atoms with Crippen LogP contribution in [0.15, 0.2) is 6.33 Å². The van der Waals surface area contributed by atoms with Gasteiger partial charge in [-0.15, -0.1) is 0 Å². The number of nitrogen functional groups attached to an aromatic ring is 1. The molecule has 0 amide bonds. The lowest BCUT2D eigenvalue weighted by Gasteiger charge is -2.08. The van der Waals surface area contributed by atoms with Crippen LogP contribution in [0.2, 0.25) is 0 Å². The van der Waals surface area contributed by atoms with E-state index < -0.39 is 18.6 Å². The third-order valence-electron chi connectivity index (χ3n) is 1.89. The Morgan fingerprint density at radius 3 is 2.75 bits per heavy atom.